The number of amides is 1. The van der Waals surface area contributed by atoms with Gasteiger partial charge in [0, 0.05) is 31.0 Å². The van der Waals surface area contributed by atoms with Crippen LogP contribution in [0, 0.1) is 13.8 Å². The number of nitrogens with zero attached hydrogens (tertiary/aromatic N) is 1. The van der Waals surface area contributed by atoms with Crippen molar-refractivity contribution in [3.8, 4) is 0 Å². The maximum atomic E-state index is 12.3. The van der Waals surface area contributed by atoms with Crippen LogP contribution in [-0.4, -0.2) is 33.6 Å². The van der Waals surface area contributed by atoms with Gasteiger partial charge in [0.1, 0.15) is 6.54 Å². The molecule has 0 bridgehead atoms. The molecule has 0 saturated carbocycles. The topological polar surface area (TPSA) is 36.8 Å². The lowest BCUT2D eigenvalue weighted by Gasteiger charge is -2.17. The number of aryl methyl sites for hydroxylation is 2. The maximum absolute atomic E-state index is 12.3. The van der Waals surface area contributed by atoms with E-state index in [4.69, 9.17) is 0 Å². The molecule has 0 aliphatic carbocycles. The maximum Gasteiger partial charge on any atom is 0.279 e. The van der Waals surface area contributed by atoms with Crippen LogP contribution in [0.2, 0.25) is 0 Å². The number of hydrogen-bond acceptors (Lipinski definition) is 2. The van der Waals surface area contributed by atoms with Crippen LogP contribution in [0.4, 0.5) is 11.4 Å². The number of rotatable bonds is 6. The molecule has 0 aliphatic rings. The second-order valence-electron chi connectivity index (χ2n) is 6.69. The lowest BCUT2D eigenvalue weighted by molar-refractivity contribution is -0.885. The predicted molar refractivity (Wildman–Crippen MR) is 101 cm³/mol. The molecule has 2 aromatic rings. The minimum Gasteiger partial charge on any atom is -0.378 e. The molecular formula is C20H28N3O+. The third kappa shape index (κ3) is 4.83. The van der Waals surface area contributed by atoms with Crippen LogP contribution in [0.15, 0.2) is 42.5 Å². The average Bonchev–Trinajstić information content (AvgIpc) is 2.51. The Balaban J connectivity index is 1.92. The van der Waals surface area contributed by atoms with Gasteiger partial charge >= 0.3 is 0 Å². The van der Waals surface area contributed by atoms with Crippen molar-refractivity contribution in [1.82, 2.24) is 0 Å². The lowest BCUT2D eigenvalue weighted by Crippen LogP contribution is -3.08. The lowest BCUT2D eigenvalue weighted by atomic mass is 10.1. The standard InChI is InChI=1S/C20H27N3O/c1-15-7-6-8-16(2)20(15)21-19(24)14-23(5)13-17-9-11-18(12-10-17)22(3)4/h6-12H,13-14H2,1-5H3,(H,21,24)/p+1. The SMILES string of the molecule is Cc1cccc(C)c1NC(=O)C[NH+](C)Cc1ccc(N(C)C)cc1. The van der Waals surface area contributed by atoms with E-state index in [2.05, 4.69) is 34.5 Å². The molecule has 0 spiro atoms. The van der Waals surface area contributed by atoms with Crippen molar-refractivity contribution >= 4 is 17.3 Å². The first-order chi connectivity index (χ1) is 11.4. The number of carbonyl (C=O) groups is 1. The molecule has 0 saturated heterocycles. The fraction of sp³-hybridized carbons (Fsp3) is 0.350. The molecule has 4 nitrogen and oxygen atoms in total. The minimum atomic E-state index is 0.0508. The molecular weight excluding hydrogens is 298 g/mol. The Morgan fingerprint density at radius 1 is 1.04 bits per heavy atom. The van der Waals surface area contributed by atoms with Crippen molar-refractivity contribution in [2.75, 3.05) is 37.9 Å². The first kappa shape index (κ1) is 18.0. The van der Waals surface area contributed by atoms with Gasteiger partial charge in [0.2, 0.25) is 0 Å². The van der Waals surface area contributed by atoms with Gasteiger partial charge in [-0.2, -0.15) is 0 Å². The van der Waals surface area contributed by atoms with Gasteiger partial charge in [-0.25, -0.2) is 0 Å². The Labute approximate surface area is 145 Å². The van der Waals surface area contributed by atoms with E-state index in [9.17, 15) is 4.79 Å². The van der Waals surface area contributed by atoms with Crippen molar-refractivity contribution in [3.05, 3.63) is 59.2 Å². The molecule has 0 heterocycles. The summed E-state index contributed by atoms with van der Waals surface area (Å²) in [6, 6.07) is 14.5. The molecule has 2 N–H and O–H groups in total. The number of likely N-dealkylation sites (N-methyl/N-ethyl adjacent to an activating group) is 1. The summed E-state index contributed by atoms with van der Waals surface area (Å²) in [7, 11) is 6.11. The molecule has 128 valence electrons. The summed E-state index contributed by atoms with van der Waals surface area (Å²) in [5.41, 5.74) is 5.55. The summed E-state index contributed by atoms with van der Waals surface area (Å²) in [6.45, 7) is 5.31. The number of para-hydroxylation sites is 1. The number of hydrogen-bond donors (Lipinski definition) is 2. The van der Waals surface area contributed by atoms with E-state index >= 15 is 0 Å². The van der Waals surface area contributed by atoms with Gasteiger partial charge in [-0.15, -0.1) is 0 Å². The Hall–Kier alpha value is -2.33. The van der Waals surface area contributed by atoms with Gasteiger partial charge in [-0.1, -0.05) is 30.3 Å². The van der Waals surface area contributed by atoms with Crippen molar-refractivity contribution in [2.45, 2.75) is 20.4 Å². The fourth-order valence-corrected chi connectivity index (χ4v) is 2.79. The zero-order chi connectivity index (χ0) is 17.7. The highest BCUT2D eigenvalue weighted by Crippen LogP contribution is 2.18. The van der Waals surface area contributed by atoms with Crippen LogP contribution >= 0.6 is 0 Å². The second kappa shape index (κ2) is 7.97. The Bertz CT molecular complexity index is 672. The van der Waals surface area contributed by atoms with Crippen molar-refractivity contribution in [3.63, 3.8) is 0 Å². The van der Waals surface area contributed by atoms with Crippen LogP contribution in [0.3, 0.4) is 0 Å². The van der Waals surface area contributed by atoms with E-state index in [0.29, 0.717) is 6.54 Å². The smallest absolute Gasteiger partial charge is 0.279 e. The summed E-state index contributed by atoms with van der Waals surface area (Å²) < 4.78 is 0. The molecule has 2 aromatic carbocycles. The molecule has 0 aliphatic heterocycles. The summed E-state index contributed by atoms with van der Waals surface area (Å²) in [5, 5.41) is 3.05. The molecule has 0 radical (unpaired) electrons. The van der Waals surface area contributed by atoms with Crippen LogP contribution in [0.1, 0.15) is 16.7 Å². The normalized spacial score (nSPS) is 11.9. The largest absolute Gasteiger partial charge is 0.378 e. The minimum absolute atomic E-state index is 0.0508. The molecule has 0 fully saturated rings. The molecule has 0 aromatic heterocycles. The summed E-state index contributed by atoms with van der Waals surface area (Å²) in [4.78, 5) is 15.6. The zero-order valence-electron chi connectivity index (χ0n) is 15.3. The molecule has 1 amide bonds. The number of benzene rings is 2. The molecule has 4 heteroatoms. The van der Waals surface area contributed by atoms with Crippen LogP contribution in [0.25, 0.3) is 0 Å². The van der Waals surface area contributed by atoms with Gasteiger partial charge in [0.25, 0.3) is 5.91 Å². The quantitative estimate of drug-likeness (QED) is 0.852. The highest BCUT2D eigenvalue weighted by atomic mass is 16.2. The highest BCUT2D eigenvalue weighted by Gasteiger charge is 2.13. The van der Waals surface area contributed by atoms with Crippen LogP contribution < -0.4 is 15.1 Å². The van der Waals surface area contributed by atoms with Gasteiger partial charge in [-0.3, -0.25) is 4.79 Å². The van der Waals surface area contributed by atoms with E-state index in [-0.39, 0.29) is 5.91 Å². The van der Waals surface area contributed by atoms with Crippen LogP contribution in [0.5, 0.6) is 0 Å². The third-order valence-electron chi connectivity index (χ3n) is 4.17. The van der Waals surface area contributed by atoms with Crippen molar-refractivity contribution in [1.29, 1.82) is 0 Å². The molecule has 1 atom stereocenters. The van der Waals surface area contributed by atoms with E-state index in [0.717, 1.165) is 28.3 Å². The Morgan fingerprint density at radius 2 is 1.62 bits per heavy atom. The Morgan fingerprint density at radius 3 is 2.17 bits per heavy atom. The van der Waals surface area contributed by atoms with Gasteiger partial charge in [0.15, 0.2) is 6.54 Å². The average molecular weight is 326 g/mol. The van der Waals surface area contributed by atoms with E-state index in [1.807, 2.05) is 53.2 Å². The van der Waals surface area contributed by atoms with Crippen molar-refractivity contribution in [2.24, 2.45) is 0 Å². The highest BCUT2D eigenvalue weighted by molar-refractivity contribution is 5.93. The van der Waals surface area contributed by atoms with Gasteiger partial charge in [-0.05, 0) is 37.1 Å². The summed E-state index contributed by atoms with van der Waals surface area (Å²) in [5.74, 6) is 0.0508. The zero-order valence-corrected chi connectivity index (χ0v) is 15.3. The van der Waals surface area contributed by atoms with E-state index in [1.165, 1.54) is 11.3 Å². The second-order valence-corrected chi connectivity index (χ2v) is 6.69. The number of carbonyl (C=O) groups excluding carboxylic acids is 1. The first-order valence-electron chi connectivity index (χ1n) is 8.30. The molecule has 24 heavy (non-hydrogen) atoms. The number of quaternary nitrogens is 1. The molecule has 1 unspecified atom stereocenters. The third-order valence-corrected chi connectivity index (χ3v) is 4.17. The monoisotopic (exact) mass is 326 g/mol. The van der Waals surface area contributed by atoms with Crippen molar-refractivity contribution < 1.29 is 9.69 Å². The van der Waals surface area contributed by atoms with Crippen LogP contribution in [-0.2, 0) is 11.3 Å². The first-order valence-corrected chi connectivity index (χ1v) is 8.30. The predicted octanol–water partition coefficient (Wildman–Crippen LogP) is 2.02. The number of nitrogens with one attached hydrogen (secondary N) is 2. The number of anilines is 2. The van der Waals surface area contributed by atoms with Gasteiger partial charge in [0.05, 0.1) is 7.05 Å². The fourth-order valence-electron chi connectivity index (χ4n) is 2.79. The molecule has 2 rings (SSSR count). The van der Waals surface area contributed by atoms with Gasteiger partial charge < -0.3 is 15.1 Å². The van der Waals surface area contributed by atoms with E-state index in [1.54, 1.807) is 0 Å². The summed E-state index contributed by atoms with van der Waals surface area (Å²) in [6.07, 6.45) is 0. The summed E-state index contributed by atoms with van der Waals surface area (Å²) >= 11 is 0. The van der Waals surface area contributed by atoms with E-state index < -0.39 is 0 Å². The Kier molecular flexibility index (Phi) is 5.99.